The highest BCUT2D eigenvalue weighted by atomic mass is 79.9. The lowest BCUT2D eigenvalue weighted by Crippen LogP contribution is -2.23. The second-order valence-electron chi connectivity index (χ2n) is 5.01. The molecule has 0 aliphatic rings. The van der Waals surface area contributed by atoms with E-state index in [1.807, 2.05) is 31.2 Å². The molecule has 0 aromatic heterocycles. The van der Waals surface area contributed by atoms with Gasteiger partial charge in [0, 0.05) is 11.1 Å². The Bertz CT molecular complexity index is 630. The van der Waals surface area contributed by atoms with Crippen molar-refractivity contribution in [3.8, 4) is 0 Å². The smallest absolute Gasteiger partial charge is 0.137 e. The van der Waals surface area contributed by atoms with E-state index in [1.165, 1.54) is 6.07 Å². The Labute approximate surface area is 138 Å². The van der Waals surface area contributed by atoms with E-state index >= 15 is 0 Å². The monoisotopic (exact) mass is 369 g/mol. The van der Waals surface area contributed by atoms with E-state index in [4.69, 9.17) is 11.6 Å². The van der Waals surface area contributed by atoms with E-state index < -0.39 is 0 Å². The van der Waals surface area contributed by atoms with Crippen molar-refractivity contribution in [3.05, 3.63) is 68.4 Å². The van der Waals surface area contributed by atoms with Gasteiger partial charge in [-0.05, 0) is 58.6 Å². The second-order valence-corrected chi connectivity index (χ2v) is 6.18. The van der Waals surface area contributed by atoms with Crippen LogP contribution in [0.5, 0.6) is 0 Å². The molecule has 0 amide bonds. The van der Waals surface area contributed by atoms with Gasteiger partial charge in [-0.25, -0.2) is 4.39 Å². The van der Waals surface area contributed by atoms with Crippen LogP contribution in [0.2, 0.25) is 5.02 Å². The molecule has 1 nitrogen and oxygen atoms in total. The molecule has 0 radical (unpaired) electrons. The maximum Gasteiger partial charge on any atom is 0.137 e. The molecule has 0 spiro atoms. The lowest BCUT2D eigenvalue weighted by molar-refractivity contribution is 0.544. The minimum atomic E-state index is -0.238. The maximum absolute atomic E-state index is 13.7. The van der Waals surface area contributed by atoms with Gasteiger partial charge in [0.1, 0.15) is 5.82 Å². The average Bonchev–Trinajstić information content (AvgIpc) is 2.46. The number of likely N-dealkylation sites (N-methyl/N-ethyl adjacent to an activating group) is 1. The van der Waals surface area contributed by atoms with Gasteiger partial charge in [0.05, 0.1) is 4.47 Å². The van der Waals surface area contributed by atoms with Gasteiger partial charge in [0.15, 0.2) is 0 Å². The molecule has 0 aliphatic carbocycles. The summed E-state index contributed by atoms with van der Waals surface area (Å²) in [7, 11) is 0. The molecule has 4 heteroatoms. The third-order valence-electron chi connectivity index (χ3n) is 3.50. The van der Waals surface area contributed by atoms with Gasteiger partial charge in [0.25, 0.3) is 0 Å². The zero-order valence-corrected chi connectivity index (χ0v) is 14.4. The zero-order valence-electron chi connectivity index (χ0n) is 12.1. The fourth-order valence-corrected chi connectivity index (χ4v) is 3.09. The molecule has 2 rings (SSSR count). The van der Waals surface area contributed by atoms with Gasteiger partial charge in [-0.15, -0.1) is 0 Å². The standard InChI is InChI=1S/C17H18BrClFN/c1-3-21-15(13-8-4-6-11(2)17(13)19)10-12-7-5-9-14(20)16(12)18/h4-9,15,21H,3,10H2,1-2H3. The van der Waals surface area contributed by atoms with Crippen molar-refractivity contribution in [2.75, 3.05) is 6.54 Å². The highest BCUT2D eigenvalue weighted by Gasteiger charge is 2.17. The summed E-state index contributed by atoms with van der Waals surface area (Å²) in [6.45, 7) is 4.87. The largest absolute Gasteiger partial charge is 0.310 e. The van der Waals surface area contributed by atoms with E-state index in [-0.39, 0.29) is 11.9 Å². The first-order valence-electron chi connectivity index (χ1n) is 6.95. The van der Waals surface area contributed by atoms with Gasteiger partial charge in [0.2, 0.25) is 0 Å². The molecular formula is C17H18BrClFN. The van der Waals surface area contributed by atoms with Crippen LogP contribution in [0.3, 0.4) is 0 Å². The molecule has 1 N–H and O–H groups in total. The molecule has 2 aromatic rings. The van der Waals surface area contributed by atoms with Crippen molar-refractivity contribution in [2.45, 2.75) is 26.3 Å². The Morgan fingerprint density at radius 2 is 1.95 bits per heavy atom. The van der Waals surface area contributed by atoms with E-state index in [0.717, 1.165) is 28.3 Å². The first-order valence-corrected chi connectivity index (χ1v) is 8.13. The van der Waals surface area contributed by atoms with Crippen molar-refractivity contribution in [2.24, 2.45) is 0 Å². The Kier molecular flexibility index (Phi) is 5.80. The van der Waals surface area contributed by atoms with Gasteiger partial charge in [-0.3, -0.25) is 0 Å². The molecule has 2 aromatic carbocycles. The molecular weight excluding hydrogens is 353 g/mol. The van der Waals surface area contributed by atoms with Crippen LogP contribution in [0.4, 0.5) is 4.39 Å². The number of hydrogen-bond donors (Lipinski definition) is 1. The van der Waals surface area contributed by atoms with E-state index in [2.05, 4.69) is 28.2 Å². The average molecular weight is 371 g/mol. The molecule has 1 unspecified atom stereocenters. The molecule has 1 atom stereocenters. The summed E-state index contributed by atoms with van der Waals surface area (Å²) in [6, 6.07) is 11.2. The molecule has 21 heavy (non-hydrogen) atoms. The Hall–Kier alpha value is -0.900. The number of aryl methyl sites for hydroxylation is 1. The van der Waals surface area contributed by atoms with Crippen LogP contribution in [0, 0.1) is 12.7 Å². The van der Waals surface area contributed by atoms with Crippen molar-refractivity contribution < 1.29 is 4.39 Å². The Morgan fingerprint density at radius 3 is 2.67 bits per heavy atom. The lowest BCUT2D eigenvalue weighted by Gasteiger charge is -2.21. The summed E-state index contributed by atoms with van der Waals surface area (Å²) in [5.41, 5.74) is 3.03. The van der Waals surface area contributed by atoms with Gasteiger partial charge >= 0.3 is 0 Å². The van der Waals surface area contributed by atoms with Crippen LogP contribution in [-0.4, -0.2) is 6.54 Å². The van der Waals surface area contributed by atoms with Crippen molar-refractivity contribution in [3.63, 3.8) is 0 Å². The Balaban J connectivity index is 2.35. The van der Waals surface area contributed by atoms with Gasteiger partial charge < -0.3 is 5.32 Å². The number of rotatable bonds is 5. The van der Waals surface area contributed by atoms with Crippen LogP contribution in [0.15, 0.2) is 40.9 Å². The summed E-state index contributed by atoms with van der Waals surface area (Å²) < 4.78 is 14.2. The van der Waals surface area contributed by atoms with E-state index in [0.29, 0.717) is 10.9 Å². The van der Waals surface area contributed by atoms with Gasteiger partial charge in [-0.1, -0.05) is 48.9 Å². The molecule has 112 valence electrons. The number of halogens is 3. The quantitative estimate of drug-likeness (QED) is 0.738. The van der Waals surface area contributed by atoms with E-state index in [1.54, 1.807) is 6.07 Å². The molecule has 0 heterocycles. The van der Waals surface area contributed by atoms with Crippen molar-refractivity contribution in [1.82, 2.24) is 5.32 Å². The fraction of sp³-hybridized carbons (Fsp3) is 0.294. The molecule has 0 aliphatic heterocycles. The SMILES string of the molecule is CCNC(Cc1cccc(F)c1Br)c1cccc(C)c1Cl. The van der Waals surface area contributed by atoms with Crippen molar-refractivity contribution in [1.29, 1.82) is 0 Å². The molecule has 0 fully saturated rings. The first kappa shape index (κ1) is 16.5. The third-order valence-corrected chi connectivity index (χ3v) is 4.91. The first-order chi connectivity index (χ1) is 10.0. The topological polar surface area (TPSA) is 12.0 Å². The maximum atomic E-state index is 13.7. The molecule has 0 saturated heterocycles. The summed E-state index contributed by atoms with van der Waals surface area (Å²) in [5.74, 6) is -0.238. The van der Waals surface area contributed by atoms with E-state index in [9.17, 15) is 4.39 Å². The highest BCUT2D eigenvalue weighted by Crippen LogP contribution is 2.31. The second kappa shape index (κ2) is 7.39. The minimum Gasteiger partial charge on any atom is -0.310 e. The number of nitrogens with one attached hydrogen (secondary N) is 1. The minimum absolute atomic E-state index is 0.0560. The van der Waals surface area contributed by atoms with Crippen LogP contribution in [0.25, 0.3) is 0 Å². The summed E-state index contributed by atoms with van der Waals surface area (Å²) in [6.07, 6.45) is 0.676. The third kappa shape index (κ3) is 3.85. The number of hydrogen-bond acceptors (Lipinski definition) is 1. The fourth-order valence-electron chi connectivity index (χ4n) is 2.40. The van der Waals surface area contributed by atoms with Gasteiger partial charge in [-0.2, -0.15) is 0 Å². The van der Waals surface area contributed by atoms with Crippen LogP contribution >= 0.6 is 27.5 Å². The van der Waals surface area contributed by atoms with Crippen LogP contribution in [0.1, 0.15) is 29.7 Å². The normalized spacial score (nSPS) is 12.4. The Morgan fingerprint density at radius 1 is 1.24 bits per heavy atom. The summed E-state index contributed by atoms with van der Waals surface area (Å²) in [4.78, 5) is 0. The number of benzene rings is 2. The molecule has 0 bridgehead atoms. The zero-order chi connectivity index (χ0) is 15.4. The highest BCUT2D eigenvalue weighted by molar-refractivity contribution is 9.10. The van der Waals surface area contributed by atoms with Crippen LogP contribution in [-0.2, 0) is 6.42 Å². The van der Waals surface area contributed by atoms with Crippen LogP contribution < -0.4 is 5.32 Å². The predicted molar refractivity (Wildman–Crippen MR) is 90.4 cm³/mol. The van der Waals surface area contributed by atoms with Crippen molar-refractivity contribution >= 4 is 27.5 Å². The molecule has 0 saturated carbocycles. The summed E-state index contributed by atoms with van der Waals surface area (Å²) in [5, 5.41) is 4.21. The lowest BCUT2D eigenvalue weighted by atomic mass is 9.97. The predicted octanol–water partition coefficient (Wildman–Crippen LogP) is 5.44. The summed E-state index contributed by atoms with van der Waals surface area (Å²) >= 11 is 9.76.